The van der Waals surface area contributed by atoms with Gasteiger partial charge in [-0.1, -0.05) is 36.4 Å². The minimum absolute atomic E-state index is 0.247. The second-order valence-electron chi connectivity index (χ2n) is 9.18. The standard InChI is InChI=1S/C25H32N4O5S/c1-27(2)35(32,33)17-24(30)26-29-16-23(22-7-5-4-6-21(22)19-10-11-19)28(25(29)31)15-14-18-8-12-20(34-3)13-9-18/h4-9,12-13,19,23H,10-11,14-17H2,1-3H3,(H,26,30). The van der Waals surface area contributed by atoms with E-state index < -0.39 is 21.7 Å². The number of methoxy groups -OCH3 is 1. The first-order valence-corrected chi connectivity index (χ1v) is 13.3. The first kappa shape index (κ1) is 25.0. The fraction of sp³-hybridized carbons (Fsp3) is 0.440. The normalized spacial score (nSPS) is 18.3. The molecule has 3 amide bonds. The highest BCUT2D eigenvalue weighted by atomic mass is 32.2. The van der Waals surface area contributed by atoms with E-state index >= 15 is 0 Å². The highest BCUT2D eigenvalue weighted by molar-refractivity contribution is 7.89. The van der Waals surface area contributed by atoms with Crippen molar-refractivity contribution >= 4 is 22.0 Å². The molecule has 188 valence electrons. The highest BCUT2D eigenvalue weighted by Gasteiger charge is 2.41. The molecule has 10 heteroatoms. The number of rotatable bonds is 10. The van der Waals surface area contributed by atoms with Gasteiger partial charge in [0.05, 0.1) is 19.7 Å². The van der Waals surface area contributed by atoms with Gasteiger partial charge in [-0.15, -0.1) is 0 Å². The average molecular weight is 501 g/mol. The van der Waals surface area contributed by atoms with Crippen molar-refractivity contribution in [1.82, 2.24) is 19.6 Å². The summed E-state index contributed by atoms with van der Waals surface area (Å²) in [7, 11) is 0.620. The molecule has 2 aromatic carbocycles. The van der Waals surface area contributed by atoms with Crippen molar-refractivity contribution in [2.45, 2.75) is 31.2 Å². The number of hydrazine groups is 1. The molecule has 2 aliphatic rings. The number of nitrogens with zero attached hydrogens (tertiary/aromatic N) is 3. The maximum atomic E-state index is 13.4. The molecule has 1 aliphatic carbocycles. The fourth-order valence-electron chi connectivity index (χ4n) is 4.35. The van der Waals surface area contributed by atoms with Crippen molar-refractivity contribution in [3.8, 4) is 5.75 Å². The molecule has 1 atom stereocenters. The summed E-state index contributed by atoms with van der Waals surface area (Å²) in [6, 6.07) is 15.3. The van der Waals surface area contributed by atoms with Crippen LogP contribution in [-0.2, 0) is 21.2 Å². The molecule has 4 rings (SSSR count). The Morgan fingerprint density at radius 3 is 2.34 bits per heavy atom. The fourth-order valence-corrected chi connectivity index (χ4v) is 5.00. The Morgan fingerprint density at radius 1 is 1.09 bits per heavy atom. The van der Waals surface area contributed by atoms with E-state index in [0.29, 0.717) is 18.9 Å². The van der Waals surface area contributed by atoms with Crippen LogP contribution in [0.25, 0.3) is 0 Å². The molecule has 0 bridgehead atoms. The second-order valence-corrected chi connectivity index (χ2v) is 11.4. The molecular formula is C25H32N4O5S. The van der Waals surface area contributed by atoms with E-state index in [0.717, 1.165) is 34.0 Å². The van der Waals surface area contributed by atoms with Crippen LogP contribution in [0.1, 0.15) is 41.5 Å². The Labute approximate surface area is 206 Å². The molecule has 9 nitrogen and oxygen atoms in total. The third kappa shape index (κ3) is 5.76. The number of carbonyl (C=O) groups excluding carboxylic acids is 2. The predicted octanol–water partition coefficient (Wildman–Crippen LogP) is 2.52. The van der Waals surface area contributed by atoms with Gasteiger partial charge in [0.15, 0.2) is 0 Å². The van der Waals surface area contributed by atoms with E-state index in [-0.39, 0.29) is 18.6 Å². The molecule has 0 radical (unpaired) electrons. The van der Waals surface area contributed by atoms with E-state index in [1.807, 2.05) is 42.5 Å². The van der Waals surface area contributed by atoms with Crippen molar-refractivity contribution in [2.24, 2.45) is 0 Å². The van der Waals surface area contributed by atoms with Gasteiger partial charge in [0, 0.05) is 20.6 Å². The lowest BCUT2D eigenvalue weighted by atomic mass is 9.96. The van der Waals surface area contributed by atoms with Crippen LogP contribution in [-0.4, -0.2) is 74.6 Å². The number of hydrogen-bond acceptors (Lipinski definition) is 5. The Bertz CT molecular complexity index is 1180. The minimum atomic E-state index is -3.74. The lowest BCUT2D eigenvalue weighted by Gasteiger charge is -2.25. The molecule has 1 heterocycles. The predicted molar refractivity (Wildman–Crippen MR) is 132 cm³/mol. The van der Waals surface area contributed by atoms with Gasteiger partial charge in [-0.05, 0) is 54.0 Å². The quantitative estimate of drug-likeness (QED) is 0.541. The number of nitrogens with one attached hydrogen (secondary N) is 1. The zero-order chi connectivity index (χ0) is 25.2. The number of hydrogen-bond donors (Lipinski definition) is 1. The van der Waals surface area contributed by atoms with Crippen LogP contribution >= 0.6 is 0 Å². The van der Waals surface area contributed by atoms with Crippen LogP contribution in [0.15, 0.2) is 48.5 Å². The Balaban J connectivity index is 1.54. The zero-order valence-corrected chi connectivity index (χ0v) is 21.1. The summed E-state index contributed by atoms with van der Waals surface area (Å²) in [6.07, 6.45) is 2.90. The highest BCUT2D eigenvalue weighted by Crippen LogP contribution is 2.44. The summed E-state index contributed by atoms with van der Waals surface area (Å²) >= 11 is 0. The summed E-state index contributed by atoms with van der Waals surface area (Å²) in [5.74, 6) is -0.195. The first-order chi connectivity index (χ1) is 16.7. The maximum absolute atomic E-state index is 13.4. The summed E-state index contributed by atoms with van der Waals surface area (Å²) in [6.45, 7) is 0.704. The van der Waals surface area contributed by atoms with Gasteiger partial charge < -0.3 is 9.64 Å². The average Bonchev–Trinajstić information content (AvgIpc) is 3.63. The topological polar surface area (TPSA) is 99.3 Å². The van der Waals surface area contributed by atoms with Gasteiger partial charge >= 0.3 is 6.03 Å². The largest absolute Gasteiger partial charge is 0.497 e. The van der Waals surface area contributed by atoms with Crippen LogP contribution in [0.4, 0.5) is 4.79 Å². The summed E-state index contributed by atoms with van der Waals surface area (Å²) < 4.78 is 30.5. The number of sulfonamides is 1. The minimum Gasteiger partial charge on any atom is -0.497 e. The third-order valence-corrected chi connectivity index (χ3v) is 8.25. The maximum Gasteiger partial charge on any atom is 0.339 e. The summed E-state index contributed by atoms with van der Waals surface area (Å²) in [5, 5.41) is 1.25. The van der Waals surface area contributed by atoms with Crippen molar-refractivity contribution in [3.63, 3.8) is 0 Å². The van der Waals surface area contributed by atoms with Crippen molar-refractivity contribution in [1.29, 1.82) is 0 Å². The van der Waals surface area contributed by atoms with E-state index in [9.17, 15) is 18.0 Å². The van der Waals surface area contributed by atoms with E-state index in [4.69, 9.17) is 4.74 Å². The smallest absolute Gasteiger partial charge is 0.339 e. The molecule has 1 unspecified atom stereocenters. The zero-order valence-electron chi connectivity index (χ0n) is 20.3. The molecule has 0 aromatic heterocycles. The first-order valence-electron chi connectivity index (χ1n) is 11.7. The van der Waals surface area contributed by atoms with Gasteiger partial charge in [-0.25, -0.2) is 22.5 Å². The van der Waals surface area contributed by atoms with Gasteiger partial charge in [0.2, 0.25) is 10.0 Å². The lowest BCUT2D eigenvalue weighted by molar-refractivity contribution is -0.122. The number of carbonyl (C=O) groups is 2. The van der Waals surface area contributed by atoms with Crippen LogP contribution in [0, 0.1) is 0 Å². The van der Waals surface area contributed by atoms with Crippen LogP contribution < -0.4 is 10.2 Å². The van der Waals surface area contributed by atoms with Crippen LogP contribution in [0.2, 0.25) is 0 Å². The molecule has 2 fully saturated rings. The number of benzene rings is 2. The summed E-state index contributed by atoms with van der Waals surface area (Å²) in [5.41, 5.74) is 5.91. The van der Waals surface area contributed by atoms with E-state index in [1.54, 1.807) is 12.0 Å². The van der Waals surface area contributed by atoms with Gasteiger partial charge in [-0.3, -0.25) is 10.2 Å². The molecule has 35 heavy (non-hydrogen) atoms. The van der Waals surface area contributed by atoms with Crippen molar-refractivity contribution < 1.29 is 22.7 Å². The number of ether oxygens (including phenoxy) is 1. The molecule has 0 spiro atoms. The number of urea groups is 1. The van der Waals surface area contributed by atoms with Gasteiger partial charge in [-0.2, -0.15) is 0 Å². The number of amides is 3. The molecule has 1 N–H and O–H groups in total. The molecule has 2 aromatic rings. The SMILES string of the molecule is COc1ccc(CCN2C(=O)N(NC(=O)CS(=O)(=O)N(C)C)CC2c2ccccc2C2CC2)cc1. The van der Waals surface area contributed by atoms with Gasteiger partial charge in [0.25, 0.3) is 5.91 Å². The van der Waals surface area contributed by atoms with E-state index in [2.05, 4.69) is 11.5 Å². The molecule has 1 aliphatic heterocycles. The molecule has 1 saturated heterocycles. The van der Waals surface area contributed by atoms with Crippen molar-refractivity contribution in [3.05, 3.63) is 65.2 Å². The third-order valence-electron chi connectivity index (χ3n) is 6.51. The van der Waals surface area contributed by atoms with Gasteiger partial charge in [0.1, 0.15) is 11.5 Å². The van der Waals surface area contributed by atoms with Crippen LogP contribution in [0.3, 0.4) is 0 Å². The van der Waals surface area contributed by atoms with Crippen LogP contribution in [0.5, 0.6) is 5.75 Å². The van der Waals surface area contributed by atoms with E-state index in [1.165, 1.54) is 24.7 Å². The Kier molecular flexibility index (Phi) is 7.32. The van der Waals surface area contributed by atoms with Crippen molar-refractivity contribution in [2.75, 3.05) is 40.0 Å². The molecular weight excluding hydrogens is 468 g/mol. The molecule has 1 saturated carbocycles. The summed E-state index contributed by atoms with van der Waals surface area (Å²) in [4.78, 5) is 27.7. The Hall–Kier alpha value is -3.11. The second kappa shape index (κ2) is 10.2. The Morgan fingerprint density at radius 2 is 1.74 bits per heavy atom. The monoisotopic (exact) mass is 500 g/mol. The lowest BCUT2D eigenvalue weighted by Crippen LogP contribution is -2.48.